The fraction of sp³-hybridized carbons (Fsp3) is 0.323. The average molecular weight is 424 g/mol. The second kappa shape index (κ2) is 10.1. The van der Waals surface area contributed by atoms with Crippen molar-refractivity contribution >= 4 is 27.6 Å². The Morgan fingerprint density at radius 2 is 1.69 bits per heavy atom. The first-order valence-corrected chi connectivity index (χ1v) is 11.7. The van der Waals surface area contributed by atoms with E-state index in [-0.39, 0.29) is 5.41 Å². The van der Waals surface area contributed by atoms with Gasteiger partial charge in [-0.05, 0) is 77.4 Å². The molecule has 3 aromatic rings. The maximum atomic E-state index is 4.72. The first-order valence-electron chi connectivity index (χ1n) is 11.7. The monoisotopic (exact) mass is 423 g/mol. The molecule has 166 valence electrons. The molecule has 0 saturated heterocycles. The molecule has 0 spiro atoms. The molecule has 0 atom stereocenters. The highest BCUT2D eigenvalue weighted by molar-refractivity contribution is 6.09. The smallest absolute Gasteiger partial charge is 0.0485 e. The van der Waals surface area contributed by atoms with Crippen LogP contribution < -0.4 is 0 Å². The molecule has 1 heterocycles. The largest absolute Gasteiger partial charge is 0.261 e. The van der Waals surface area contributed by atoms with Crippen molar-refractivity contribution in [2.24, 2.45) is 5.41 Å². The first kappa shape index (κ1) is 23.7. The van der Waals surface area contributed by atoms with Crippen LogP contribution in [0.3, 0.4) is 0 Å². The number of benzene rings is 2. The molecule has 0 aliphatic carbocycles. The van der Waals surface area contributed by atoms with Gasteiger partial charge in [0.25, 0.3) is 0 Å². The van der Waals surface area contributed by atoms with Crippen molar-refractivity contribution in [2.45, 2.75) is 60.8 Å². The third-order valence-electron chi connectivity index (χ3n) is 6.20. The van der Waals surface area contributed by atoms with E-state index in [1.54, 1.807) is 0 Å². The first-order chi connectivity index (χ1) is 15.3. The Bertz CT molecular complexity index is 1210. The van der Waals surface area contributed by atoms with Gasteiger partial charge in [-0.3, -0.25) is 4.98 Å². The predicted molar refractivity (Wildman–Crippen MR) is 143 cm³/mol. The van der Waals surface area contributed by atoms with E-state index >= 15 is 0 Å². The number of aryl methyl sites for hydroxylation is 2. The van der Waals surface area contributed by atoms with E-state index in [9.17, 15) is 0 Å². The highest BCUT2D eigenvalue weighted by atomic mass is 14.7. The molecule has 0 fully saturated rings. The molecule has 1 heteroatoms. The van der Waals surface area contributed by atoms with Gasteiger partial charge >= 0.3 is 0 Å². The zero-order chi connectivity index (χ0) is 23.3. The summed E-state index contributed by atoms with van der Waals surface area (Å²) >= 11 is 0. The van der Waals surface area contributed by atoms with Gasteiger partial charge in [0, 0.05) is 17.3 Å². The molecule has 0 bridgehead atoms. The fourth-order valence-electron chi connectivity index (χ4n) is 4.21. The third kappa shape index (κ3) is 5.27. The van der Waals surface area contributed by atoms with Crippen LogP contribution in [0.25, 0.3) is 27.6 Å². The van der Waals surface area contributed by atoms with Gasteiger partial charge < -0.3 is 0 Å². The SMILES string of the molecule is C=C/C(=C\c1ccc2c(ccc3c(CC/C=C(C)/C=C\CC)nccc32)c1C)C(C)(C)C. The molecular formula is C31H37N. The molecule has 1 aromatic heterocycles. The predicted octanol–water partition coefficient (Wildman–Crippen LogP) is 9.16. The Morgan fingerprint density at radius 3 is 2.38 bits per heavy atom. The number of pyridine rings is 1. The Morgan fingerprint density at radius 1 is 1.00 bits per heavy atom. The van der Waals surface area contributed by atoms with Gasteiger partial charge in [-0.2, -0.15) is 0 Å². The summed E-state index contributed by atoms with van der Waals surface area (Å²) < 4.78 is 0. The second-order valence-corrected chi connectivity index (χ2v) is 9.64. The Balaban J connectivity index is 2.01. The number of allylic oxidation sites excluding steroid dienone is 6. The molecule has 0 aliphatic rings. The molecule has 0 unspecified atom stereocenters. The Kier molecular flexibility index (Phi) is 7.51. The summed E-state index contributed by atoms with van der Waals surface area (Å²) in [7, 11) is 0. The van der Waals surface area contributed by atoms with Crippen LogP contribution in [-0.4, -0.2) is 4.98 Å². The summed E-state index contributed by atoms with van der Waals surface area (Å²) in [5, 5.41) is 5.16. The normalized spacial score (nSPS) is 13.4. The molecule has 1 nitrogen and oxygen atoms in total. The maximum absolute atomic E-state index is 4.72. The summed E-state index contributed by atoms with van der Waals surface area (Å²) in [4.78, 5) is 4.72. The van der Waals surface area contributed by atoms with Gasteiger partial charge in [0.05, 0.1) is 0 Å². The van der Waals surface area contributed by atoms with E-state index < -0.39 is 0 Å². The standard InChI is InChI=1S/C31H37N/c1-8-10-12-22(3)13-11-14-30-29-18-17-26-23(4)24(21-25(9-2)31(5,6)7)15-16-27(26)28(29)19-20-32-30/h9-10,12-13,15-21H,2,8,11,14H2,1,3-7H3/b12-10-,22-13+,25-21+. The molecule has 2 aromatic carbocycles. The highest BCUT2D eigenvalue weighted by Gasteiger charge is 2.15. The van der Waals surface area contributed by atoms with Gasteiger partial charge in [-0.25, -0.2) is 0 Å². The molecule has 32 heavy (non-hydrogen) atoms. The highest BCUT2D eigenvalue weighted by Crippen LogP contribution is 2.33. The number of hydrogen-bond acceptors (Lipinski definition) is 1. The van der Waals surface area contributed by atoms with Gasteiger partial charge in [0.1, 0.15) is 0 Å². The van der Waals surface area contributed by atoms with E-state index in [1.807, 2.05) is 12.3 Å². The summed E-state index contributed by atoms with van der Waals surface area (Å²) in [5.41, 5.74) is 6.40. The summed E-state index contributed by atoms with van der Waals surface area (Å²) in [6.07, 6.45) is 16.0. The second-order valence-electron chi connectivity index (χ2n) is 9.64. The van der Waals surface area contributed by atoms with E-state index in [2.05, 4.69) is 103 Å². The summed E-state index contributed by atoms with van der Waals surface area (Å²) in [6.45, 7) is 17.3. The molecule has 0 amide bonds. The Hall–Kier alpha value is -2.93. The zero-order valence-electron chi connectivity index (χ0n) is 20.6. The lowest BCUT2D eigenvalue weighted by Crippen LogP contribution is -2.07. The van der Waals surface area contributed by atoms with Crippen LogP contribution in [0.15, 0.2) is 78.6 Å². The Labute approximate surface area is 194 Å². The number of fused-ring (bicyclic) bond motifs is 3. The van der Waals surface area contributed by atoms with Crippen LogP contribution in [0.1, 0.15) is 64.3 Å². The molecule has 0 N–H and O–H groups in total. The minimum Gasteiger partial charge on any atom is -0.261 e. The van der Waals surface area contributed by atoms with Crippen LogP contribution >= 0.6 is 0 Å². The van der Waals surface area contributed by atoms with Gasteiger partial charge in [0.15, 0.2) is 0 Å². The van der Waals surface area contributed by atoms with Gasteiger partial charge in [-0.15, -0.1) is 0 Å². The van der Waals surface area contributed by atoms with Crippen LogP contribution in [0.2, 0.25) is 0 Å². The fourth-order valence-corrected chi connectivity index (χ4v) is 4.21. The average Bonchev–Trinajstić information content (AvgIpc) is 2.76. The lowest BCUT2D eigenvalue weighted by atomic mass is 9.84. The number of rotatable bonds is 7. The van der Waals surface area contributed by atoms with Crippen LogP contribution in [0.5, 0.6) is 0 Å². The zero-order valence-corrected chi connectivity index (χ0v) is 20.6. The van der Waals surface area contributed by atoms with Crippen molar-refractivity contribution in [3.8, 4) is 0 Å². The van der Waals surface area contributed by atoms with Crippen molar-refractivity contribution in [2.75, 3.05) is 0 Å². The molecule has 0 aliphatic heterocycles. The van der Waals surface area contributed by atoms with E-state index in [1.165, 1.54) is 49.5 Å². The molecule has 3 rings (SSSR count). The van der Waals surface area contributed by atoms with Crippen LogP contribution in [-0.2, 0) is 6.42 Å². The van der Waals surface area contributed by atoms with Crippen molar-refractivity contribution in [3.63, 3.8) is 0 Å². The molecular weight excluding hydrogens is 386 g/mol. The molecule has 0 saturated carbocycles. The lowest BCUT2D eigenvalue weighted by molar-refractivity contribution is 0.521. The van der Waals surface area contributed by atoms with E-state index in [0.29, 0.717) is 0 Å². The summed E-state index contributed by atoms with van der Waals surface area (Å²) in [5.74, 6) is 0. The quantitative estimate of drug-likeness (QED) is 0.273. The minimum atomic E-state index is 0.0756. The maximum Gasteiger partial charge on any atom is 0.0485 e. The van der Waals surface area contributed by atoms with Crippen molar-refractivity contribution in [1.29, 1.82) is 0 Å². The topological polar surface area (TPSA) is 12.9 Å². The molecule has 0 radical (unpaired) electrons. The van der Waals surface area contributed by atoms with Gasteiger partial charge in [0.2, 0.25) is 0 Å². The lowest BCUT2D eigenvalue weighted by Gasteiger charge is -2.21. The number of hydrogen-bond donors (Lipinski definition) is 0. The third-order valence-corrected chi connectivity index (χ3v) is 6.20. The van der Waals surface area contributed by atoms with Gasteiger partial charge in [-0.1, -0.05) is 94.5 Å². The van der Waals surface area contributed by atoms with Crippen molar-refractivity contribution in [1.82, 2.24) is 4.98 Å². The van der Waals surface area contributed by atoms with Crippen molar-refractivity contribution in [3.05, 3.63) is 95.4 Å². The number of nitrogens with zero attached hydrogens (tertiary/aromatic N) is 1. The van der Waals surface area contributed by atoms with Crippen LogP contribution in [0, 0.1) is 12.3 Å². The van der Waals surface area contributed by atoms with E-state index in [0.717, 1.165) is 19.3 Å². The number of aromatic nitrogens is 1. The van der Waals surface area contributed by atoms with Crippen molar-refractivity contribution < 1.29 is 0 Å². The van der Waals surface area contributed by atoms with E-state index in [4.69, 9.17) is 4.98 Å². The van der Waals surface area contributed by atoms with Crippen LogP contribution in [0.4, 0.5) is 0 Å². The minimum absolute atomic E-state index is 0.0756. The summed E-state index contributed by atoms with van der Waals surface area (Å²) in [6, 6.07) is 11.2.